The van der Waals surface area contributed by atoms with Crippen molar-refractivity contribution in [1.29, 1.82) is 0 Å². The number of hydrogen-bond donors (Lipinski definition) is 1. The fourth-order valence-corrected chi connectivity index (χ4v) is 4.32. The van der Waals surface area contributed by atoms with Gasteiger partial charge in [0.25, 0.3) is 5.91 Å². The Labute approximate surface area is 181 Å². The van der Waals surface area contributed by atoms with Crippen LogP contribution in [0.3, 0.4) is 0 Å². The van der Waals surface area contributed by atoms with Crippen molar-refractivity contribution in [3.8, 4) is 17.2 Å². The lowest BCUT2D eigenvalue weighted by Crippen LogP contribution is -2.23. The van der Waals surface area contributed by atoms with Crippen molar-refractivity contribution in [1.82, 2.24) is 9.88 Å². The Hall–Kier alpha value is -3.26. The third-order valence-corrected chi connectivity index (χ3v) is 6.39. The molecule has 2 aromatic carbocycles. The average molecular weight is 441 g/mol. The van der Waals surface area contributed by atoms with Crippen molar-refractivity contribution in [3.05, 3.63) is 71.0 Å². The lowest BCUT2D eigenvalue weighted by atomic mass is 10.2. The van der Waals surface area contributed by atoms with Gasteiger partial charge in [0.05, 0.1) is 10.5 Å². The first kappa shape index (κ1) is 21.0. The Kier molecular flexibility index (Phi) is 5.49. The minimum atomic E-state index is -3.24. The molecule has 0 atom stereocenters. The number of nitrogens with zero attached hydrogens (tertiary/aromatic N) is 1. The van der Waals surface area contributed by atoms with Gasteiger partial charge in [-0.25, -0.2) is 8.42 Å². The van der Waals surface area contributed by atoms with Crippen LogP contribution < -0.4 is 14.8 Å². The highest BCUT2D eigenvalue weighted by molar-refractivity contribution is 7.90. The summed E-state index contributed by atoms with van der Waals surface area (Å²) < 4.78 is 36.4. The van der Waals surface area contributed by atoms with Gasteiger partial charge in [-0.1, -0.05) is 12.1 Å². The number of nitrogens with one attached hydrogen (secondary N) is 1. The van der Waals surface area contributed by atoms with E-state index in [-0.39, 0.29) is 10.8 Å². The molecule has 2 heterocycles. The van der Waals surface area contributed by atoms with E-state index >= 15 is 0 Å². The zero-order chi connectivity index (χ0) is 22.2. The summed E-state index contributed by atoms with van der Waals surface area (Å²) >= 11 is 0. The fraction of sp³-hybridized carbons (Fsp3) is 0.261. The average Bonchev–Trinajstić information content (AvgIpc) is 3.05. The molecule has 0 aliphatic carbocycles. The van der Waals surface area contributed by atoms with Crippen LogP contribution in [0.25, 0.3) is 5.69 Å². The van der Waals surface area contributed by atoms with Crippen LogP contribution in [0.4, 0.5) is 0 Å². The molecule has 0 saturated heterocycles. The van der Waals surface area contributed by atoms with Crippen molar-refractivity contribution in [2.75, 3.05) is 19.5 Å². The van der Waals surface area contributed by atoms with Crippen molar-refractivity contribution in [3.63, 3.8) is 0 Å². The number of ether oxygens (including phenoxy) is 2. The summed E-state index contributed by atoms with van der Waals surface area (Å²) in [6.07, 6.45) is 1.17. The highest BCUT2D eigenvalue weighted by atomic mass is 32.2. The predicted molar refractivity (Wildman–Crippen MR) is 117 cm³/mol. The van der Waals surface area contributed by atoms with Gasteiger partial charge < -0.3 is 19.4 Å². The van der Waals surface area contributed by atoms with Gasteiger partial charge in [-0.05, 0) is 49.7 Å². The molecule has 3 aromatic rings. The quantitative estimate of drug-likeness (QED) is 0.658. The number of benzene rings is 2. The molecule has 1 aliphatic rings. The molecule has 1 aromatic heterocycles. The van der Waals surface area contributed by atoms with Gasteiger partial charge in [-0.15, -0.1) is 0 Å². The number of amides is 1. The highest BCUT2D eigenvalue weighted by Gasteiger charge is 2.19. The zero-order valence-corrected chi connectivity index (χ0v) is 18.5. The molecular weight excluding hydrogens is 416 g/mol. The number of carbonyl (C=O) groups is 1. The summed E-state index contributed by atoms with van der Waals surface area (Å²) in [6, 6.07) is 14.1. The molecule has 0 radical (unpaired) electrons. The summed E-state index contributed by atoms with van der Waals surface area (Å²) in [5.41, 5.74) is 4.05. The smallest absolute Gasteiger partial charge is 0.253 e. The molecule has 8 heteroatoms. The van der Waals surface area contributed by atoms with Crippen molar-refractivity contribution in [2.45, 2.75) is 25.3 Å². The third kappa shape index (κ3) is 4.29. The number of aromatic nitrogens is 1. The van der Waals surface area contributed by atoms with Gasteiger partial charge in [-0.3, -0.25) is 4.79 Å². The van der Waals surface area contributed by atoms with E-state index in [0.717, 1.165) is 28.4 Å². The number of fused-ring (bicyclic) bond motifs is 1. The van der Waals surface area contributed by atoms with Gasteiger partial charge in [0, 0.05) is 35.9 Å². The van der Waals surface area contributed by atoms with Crippen molar-refractivity contribution >= 4 is 15.7 Å². The lowest BCUT2D eigenvalue weighted by Gasteiger charge is -2.20. The third-order valence-electron chi connectivity index (χ3n) is 5.26. The lowest BCUT2D eigenvalue weighted by molar-refractivity contribution is 0.0950. The van der Waals surface area contributed by atoms with E-state index in [2.05, 4.69) is 5.32 Å². The van der Waals surface area contributed by atoms with E-state index < -0.39 is 9.84 Å². The predicted octanol–water partition coefficient (Wildman–Crippen LogP) is 3.20. The first-order valence-corrected chi connectivity index (χ1v) is 11.8. The van der Waals surface area contributed by atoms with Gasteiger partial charge in [0.15, 0.2) is 21.3 Å². The normalized spacial score (nSPS) is 13.1. The van der Waals surface area contributed by atoms with Crippen LogP contribution in [0.5, 0.6) is 11.5 Å². The molecule has 31 heavy (non-hydrogen) atoms. The largest absolute Gasteiger partial charge is 0.486 e. The molecule has 162 valence electrons. The van der Waals surface area contributed by atoms with Crippen molar-refractivity contribution in [2.24, 2.45) is 0 Å². The number of carbonyl (C=O) groups excluding carboxylic acids is 1. The van der Waals surface area contributed by atoms with E-state index in [0.29, 0.717) is 31.1 Å². The summed E-state index contributed by atoms with van der Waals surface area (Å²) in [5.74, 6) is 1.22. The summed E-state index contributed by atoms with van der Waals surface area (Å²) in [7, 11) is -3.24. The minimum Gasteiger partial charge on any atom is -0.486 e. The van der Waals surface area contributed by atoms with Crippen LogP contribution in [0.15, 0.2) is 53.4 Å². The second kappa shape index (κ2) is 8.11. The Bertz CT molecular complexity index is 1240. The summed E-state index contributed by atoms with van der Waals surface area (Å²) in [6.45, 7) is 5.20. The molecule has 4 rings (SSSR count). The second-order valence-corrected chi connectivity index (χ2v) is 9.56. The minimum absolute atomic E-state index is 0.191. The Morgan fingerprint density at radius 2 is 1.68 bits per heavy atom. The molecule has 0 saturated carbocycles. The second-order valence-electron chi connectivity index (χ2n) is 7.55. The van der Waals surface area contributed by atoms with Crippen LogP contribution >= 0.6 is 0 Å². The van der Waals surface area contributed by atoms with Crippen LogP contribution in [0.1, 0.15) is 27.3 Å². The van der Waals surface area contributed by atoms with E-state index in [9.17, 15) is 13.2 Å². The highest BCUT2D eigenvalue weighted by Crippen LogP contribution is 2.33. The first-order chi connectivity index (χ1) is 14.7. The van der Waals surface area contributed by atoms with E-state index in [1.807, 2.05) is 42.7 Å². The maximum atomic E-state index is 12.8. The number of hydrogen-bond acceptors (Lipinski definition) is 5. The van der Waals surface area contributed by atoms with Crippen LogP contribution in [-0.4, -0.2) is 38.4 Å². The first-order valence-electron chi connectivity index (χ1n) is 9.90. The van der Waals surface area contributed by atoms with Crippen LogP contribution in [0, 0.1) is 13.8 Å². The van der Waals surface area contributed by atoms with E-state index in [1.54, 1.807) is 24.3 Å². The maximum Gasteiger partial charge on any atom is 0.253 e. The molecule has 0 unspecified atom stereocenters. The van der Waals surface area contributed by atoms with Crippen molar-refractivity contribution < 1.29 is 22.7 Å². The molecule has 1 N–H and O–H groups in total. The monoisotopic (exact) mass is 440 g/mol. The molecule has 0 fully saturated rings. The topological polar surface area (TPSA) is 86.6 Å². The Morgan fingerprint density at radius 3 is 2.35 bits per heavy atom. The molecule has 1 amide bonds. The van der Waals surface area contributed by atoms with E-state index in [1.165, 1.54) is 6.26 Å². The van der Waals surface area contributed by atoms with E-state index in [4.69, 9.17) is 9.47 Å². The molecule has 0 bridgehead atoms. The molecular formula is C23H24N2O5S. The zero-order valence-electron chi connectivity index (χ0n) is 17.6. The molecule has 0 spiro atoms. The Balaban J connectivity index is 1.52. The van der Waals surface area contributed by atoms with Gasteiger partial charge in [-0.2, -0.15) is 0 Å². The van der Waals surface area contributed by atoms with Crippen LogP contribution in [-0.2, 0) is 16.4 Å². The molecule has 7 nitrogen and oxygen atoms in total. The number of aryl methyl sites for hydroxylation is 1. The fourth-order valence-electron chi connectivity index (χ4n) is 3.69. The number of rotatable bonds is 5. The van der Waals surface area contributed by atoms with Gasteiger partial charge in [0.2, 0.25) is 0 Å². The molecule has 1 aliphatic heterocycles. The SMILES string of the molecule is Cc1cc(C(=O)NCc2ccc(S(C)(=O)=O)cc2)c(C)n1-c1ccc2c(c1)OCCO2. The van der Waals surface area contributed by atoms with Gasteiger partial charge in [0.1, 0.15) is 13.2 Å². The summed E-state index contributed by atoms with van der Waals surface area (Å²) in [5, 5.41) is 2.91. The Morgan fingerprint density at radius 1 is 1.00 bits per heavy atom. The maximum absolute atomic E-state index is 12.8. The number of sulfone groups is 1. The summed E-state index contributed by atoms with van der Waals surface area (Å²) in [4.78, 5) is 13.1. The van der Waals surface area contributed by atoms with Gasteiger partial charge >= 0.3 is 0 Å². The standard InChI is InChI=1S/C23H24N2O5S/c1-15-12-20(23(26)24-14-17-4-7-19(8-5-17)31(3,27)28)16(2)25(15)18-6-9-21-22(13-18)30-11-10-29-21/h4-9,12-13H,10-11,14H2,1-3H3,(H,24,26). The van der Waals surface area contributed by atoms with Crippen LogP contribution in [0.2, 0.25) is 0 Å².